The zero-order valence-electron chi connectivity index (χ0n) is 22.8. The summed E-state index contributed by atoms with van der Waals surface area (Å²) < 4.78 is 0. The van der Waals surface area contributed by atoms with Gasteiger partial charge in [-0.3, -0.25) is 4.99 Å². The fourth-order valence-corrected chi connectivity index (χ4v) is 4.12. The molecule has 3 rings (SSSR count). The molecule has 0 saturated heterocycles. The van der Waals surface area contributed by atoms with Crippen LogP contribution in [0.1, 0.15) is 109 Å². The van der Waals surface area contributed by atoms with Gasteiger partial charge in [-0.25, -0.2) is 4.98 Å². The average molecular weight is 455 g/mol. The summed E-state index contributed by atoms with van der Waals surface area (Å²) in [5.74, 6) is 0.835. The molecule has 0 radical (unpaired) electrons. The Kier molecular flexibility index (Phi) is 7.50. The van der Waals surface area contributed by atoms with Crippen molar-refractivity contribution in [3.05, 3.63) is 82.5 Å². The van der Waals surface area contributed by atoms with Gasteiger partial charge in [-0.05, 0) is 69.2 Å². The maximum Gasteiger partial charge on any atom is 0.0820 e. The van der Waals surface area contributed by atoms with E-state index in [1.165, 1.54) is 22.3 Å². The predicted molar refractivity (Wildman–Crippen MR) is 149 cm³/mol. The monoisotopic (exact) mass is 454 g/mol. The molecule has 0 unspecified atom stereocenters. The number of para-hydroxylation sites is 1. The van der Waals surface area contributed by atoms with Crippen molar-refractivity contribution in [3.8, 4) is 11.3 Å². The lowest BCUT2D eigenvalue weighted by Gasteiger charge is -2.26. The summed E-state index contributed by atoms with van der Waals surface area (Å²) in [7, 11) is 0. The van der Waals surface area contributed by atoms with E-state index in [4.69, 9.17) is 9.98 Å². The fourth-order valence-electron chi connectivity index (χ4n) is 4.12. The van der Waals surface area contributed by atoms with Crippen molar-refractivity contribution in [3.63, 3.8) is 0 Å². The van der Waals surface area contributed by atoms with Crippen LogP contribution >= 0.6 is 0 Å². The van der Waals surface area contributed by atoms with Crippen LogP contribution in [-0.4, -0.2) is 11.2 Å². The van der Waals surface area contributed by atoms with E-state index < -0.39 is 0 Å². The Morgan fingerprint density at radius 3 is 1.68 bits per heavy atom. The Morgan fingerprint density at radius 1 is 0.706 bits per heavy atom. The minimum atomic E-state index is 0.0723. The van der Waals surface area contributed by atoms with Gasteiger partial charge >= 0.3 is 0 Å². The van der Waals surface area contributed by atoms with Gasteiger partial charge < -0.3 is 0 Å². The third-order valence-corrected chi connectivity index (χ3v) is 6.40. The van der Waals surface area contributed by atoms with Crippen molar-refractivity contribution < 1.29 is 0 Å². The molecule has 0 saturated carbocycles. The summed E-state index contributed by atoms with van der Waals surface area (Å²) in [5.41, 5.74) is 9.50. The largest absolute Gasteiger partial charge is 0.254 e. The molecular weight excluding hydrogens is 412 g/mol. The summed E-state index contributed by atoms with van der Waals surface area (Å²) in [6, 6.07) is 19.7. The van der Waals surface area contributed by atoms with Crippen LogP contribution in [0.25, 0.3) is 11.3 Å². The average Bonchev–Trinajstić information content (AvgIpc) is 2.76. The second-order valence-electron chi connectivity index (χ2n) is 12.1. The minimum Gasteiger partial charge on any atom is -0.254 e. The molecule has 0 atom stereocenters. The normalized spacial score (nSPS) is 12.8. The van der Waals surface area contributed by atoms with Gasteiger partial charge in [0.2, 0.25) is 0 Å². The number of rotatable bonds is 5. The first-order chi connectivity index (χ1) is 15.8. The van der Waals surface area contributed by atoms with Gasteiger partial charge in [-0.2, -0.15) is 0 Å². The molecule has 180 valence electrons. The number of benzene rings is 2. The number of hydrogen-bond acceptors (Lipinski definition) is 2. The maximum atomic E-state index is 5.00. The van der Waals surface area contributed by atoms with Crippen LogP contribution in [0.3, 0.4) is 0 Å². The number of pyridine rings is 1. The highest BCUT2D eigenvalue weighted by Gasteiger charge is 2.21. The van der Waals surface area contributed by atoms with E-state index in [2.05, 4.69) is 118 Å². The standard InChI is InChI=1S/C32H42N2/c1-21(2)27-14-12-15-28(22(3)4)30(27)33-20-26-13-11-16-29(34-26)23-17-24(31(5,6)7)19-25(18-23)32(8,9)10/h11-22H,1-10H3. The highest BCUT2D eigenvalue weighted by atomic mass is 14.8. The molecule has 0 amide bonds. The SMILES string of the molecule is CC(C)c1cccc(C(C)C)c1N=Cc1cccc(-c2cc(C(C)(C)C)cc(C(C)(C)C)c2)n1. The Balaban J connectivity index is 2.08. The third-order valence-electron chi connectivity index (χ3n) is 6.40. The van der Waals surface area contributed by atoms with Crippen molar-refractivity contribution in [2.75, 3.05) is 0 Å². The molecular formula is C32H42N2. The van der Waals surface area contributed by atoms with Crippen molar-refractivity contribution >= 4 is 11.9 Å². The Morgan fingerprint density at radius 2 is 1.21 bits per heavy atom. The third kappa shape index (κ3) is 6.03. The van der Waals surface area contributed by atoms with Gasteiger partial charge in [-0.1, -0.05) is 99.6 Å². The van der Waals surface area contributed by atoms with Crippen LogP contribution in [0.4, 0.5) is 5.69 Å². The van der Waals surface area contributed by atoms with E-state index in [1.807, 2.05) is 12.3 Å². The molecule has 2 nitrogen and oxygen atoms in total. The van der Waals surface area contributed by atoms with Crippen LogP contribution in [0, 0.1) is 0 Å². The zero-order valence-corrected chi connectivity index (χ0v) is 22.8. The molecule has 3 aromatic rings. The van der Waals surface area contributed by atoms with E-state index in [9.17, 15) is 0 Å². The van der Waals surface area contributed by atoms with Gasteiger partial charge in [0.25, 0.3) is 0 Å². The Labute approximate surface area is 207 Å². The smallest absolute Gasteiger partial charge is 0.0820 e. The number of aromatic nitrogens is 1. The zero-order chi connectivity index (χ0) is 25.3. The summed E-state index contributed by atoms with van der Waals surface area (Å²) >= 11 is 0. The van der Waals surface area contributed by atoms with Gasteiger partial charge in [0.1, 0.15) is 0 Å². The van der Waals surface area contributed by atoms with Gasteiger partial charge in [0.15, 0.2) is 0 Å². The molecule has 2 heteroatoms. The summed E-state index contributed by atoms with van der Waals surface area (Å²) in [4.78, 5) is 9.98. The minimum absolute atomic E-state index is 0.0723. The maximum absolute atomic E-state index is 5.00. The van der Waals surface area contributed by atoms with Crippen LogP contribution in [0.15, 0.2) is 59.6 Å². The first kappa shape index (κ1) is 25.9. The lowest BCUT2D eigenvalue weighted by Crippen LogP contribution is -2.16. The van der Waals surface area contributed by atoms with Crippen LogP contribution < -0.4 is 0 Å². The molecule has 2 aromatic carbocycles. The van der Waals surface area contributed by atoms with E-state index >= 15 is 0 Å². The number of hydrogen-bond donors (Lipinski definition) is 0. The summed E-state index contributed by atoms with van der Waals surface area (Å²) in [5, 5.41) is 0. The fraction of sp³-hybridized carbons (Fsp3) is 0.438. The van der Waals surface area contributed by atoms with Crippen molar-refractivity contribution in [2.45, 2.75) is 91.9 Å². The van der Waals surface area contributed by atoms with Gasteiger partial charge in [0.05, 0.1) is 23.3 Å². The van der Waals surface area contributed by atoms with E-state index in [0.717, 1.165) is 22.6 Å². The lowest BCUT2D eigenvalue weighted by molar-refractivity contribution is 0.569. The highest BCUT2D eigenvalue weighted by Crippen LogP contribution is 2.35. The van der Waals surface area contributed by atoms with Crippen molar-refractivity contribution in [1.82, 2.24) is 4.98 Å². The predicted octanol–water partition coefficient (Wildman–Crippen LogP) is 9.34. The molecule has 1 aromatic heterocycles. The molecule has 0 bridgehead atoms. The molecule has 0 aliphatic rings. The molecule has 0 aliphatic carbocycles. The summed E-state index contributed by atoms with van der Waals surface area (Å²) in [6.45, 7) is 22.5. The Hall–Kier alpha value is -2.74. The molecule has 1 heterocycles. The number of aliphatic imine (C=N–C) groups is 1. The van der Waals surface area contributed by atoms with E-state index in [1.54, 1.807) is 0 Å². The summed E-state index contributed by atoms with van der Waals surface area (Å²) in [6.07, 6.45) is 1.93. The van der Waals surface area contributed by atoms with Gasteiger partial charge in [0, 0.05) is 5.56 Å². The molecule has 0 N–H and O–H groups in total. The second kappa shape index (κ2) is 9.86. The van der Waals surface area contributed by atoms with Crippen LogP contribution in [-0.2, 0) is 10.8 Å². The first-order valence-electron chi connectivity index (χ1n) is 12.6. The van der Waals surface area contributed by atoms with Crippen LogP contribution in [0.2, 0.25) is 0 Å². The number of nitrogens with zero attached hydrogens (tertiary/aromatic N) is 2. The molecule has 0 spiro atoms. The molecule has 0 aliphatic heterocycles. The van der Waals surface area contributed by atoms with Crippen molar-refractivity contribution in [1.29, 1.82) is 0 Å². The van der Waals surface area contributed by atoms with E-state index in [0.29, 0.717) is 11.8 Å². The Bertz CT molecular complexity index is 1110. The highest BCUT2D eigenvalue weighted by molar-refractivity contribution is 5.82. The van der Waals surface area contributed by atoms with Crippen LogP contribution in [0.5, 0.6) is 0 Å². The topological polar surface area (TPSA) is 25.2 Å². The van der Waals surface area contributed by atoms with Gasteiger partial charge in [-0.15, -0.1) is 0 Å². The molecule has 0 fully saturated rings. The van der Waals surface area contributed by atoms with Crippen molar-refractivity contribution in [2.24, 2.45) is 4.99 Å². The lowest BCUT2D eigenvalue weighted by atomic mass is 9.79. The van der Waals surface area contributed by atoms with E-state index in [-0.39, 0.29) is 10.8 Å². The first-order valence-corrected chi connectivity index (χ1v) is 12.6. The second-order valence-corrected chi connectivity index (χ2v) is 12.1. The molecule has 34 heavy (non-hydrogen) atoms. The quantitative estimate of drug-likeness (QED) is 0.352.